The Morgan fingerprint density at radius 2 is 2.00 bits per heavy atom. The van der Waals surface area contributed by atoms with Crippen LogP contribution >= 0.6 is 23.2 Å². The summed E-state index contributed by atoms with van der Waals surface area (Å²) < 4.78 is 10.3. The van der Waals surface area contributed by atoms with E-state index in [1.807, 2.05) is 0 Å². The first-order chi connectivity index (χ1) is 11.1. The van der Waals surface area contributed by atoms with Gasteiger partial charge in [0.2, 0.25) is 17.6 Å². The number of hydrogen-bond acceptors (Lipinski definition) is 5. The Morgan fingerprint density at radius 1 is 1.22 bits per heavy atom. The molecule has 0 fully saturated rings. The number of hydrogen-bond donors (Lipinski definition) is 1. The summed E-state index contributed by atoms with van der Waals surface area (Å²) in [6.45, 7) is 0. The van der Waals surface area contributed by atoms with Crippen LogP contribution in [0.1, 0.15) is 12.3 Å². The summed E-state index contributed by atoms with van der Waals surface area (Å²) in [6.07, 6.45) is 2.02. The number of nitrogens with one attached hydrogen (secondary N) is 1. The average molecular weight is 352 g/mol. The molecule has 0 saturated heterocycles. The summed E-state index contributed by atoms with van der Waals surface area (Å²) >= 11 is 11.8. The van der Waals surface area contributed by atoms with E-state index in [-0.39, 0.29) is 12.3 Å². The molecular weight excluding hydrogens is 341 g/mol. The van der Waals surface area contributed by atoms with E-state index in [9.17, 15) is 4.79 Å². The fourth-order valence-electron chi connectivity index (χ4n) is 1.93. The van der Waals surface area contributed by atoms with Gasteiger partial charge >= 0.3 is 0 Å². The number of nitrogens with zero attached hydrogens (tertiary/aromatic N) is 2. The van der Waals surface area contributed by atoms with Crippen molar-refractivity contribution in [3.63, 3.8) is 0 Å². The maximum absolute atomic E-state index is 11.9. The number of aryl methyl sites for hydroxylation is 1. The van der Waals surface area contributed by atoms with Crippen LogP contribution < -0.4 is 5.32 Å². The van der Waals surface area contributed by atoms with Crippen molar-refractivity contribution >= 4 is 34.8 Å². The highest BCUT2D eigenvalue weighted by molar-refractivity contribution is 6.35. The summed E-state index contributed by atoms with van der Waals surface area (Å²) in [5.74, 6) is 1.02. The molecule has 8 heteroatoms. The zero-order valence-electron chi connectivity index (χ0n) is 11.8. The van der Waals surface area contributed by atoms with Crippen molar-refractivity contribution in [1.29, 1.82) is 0 Å². The number of furan rings is 1. The molecule has 0 bridgehead atoms. The van der Waals surface area contributed by atoms with E-state index < -0.39 is 0 Å². The van der Waals surface area contributed by atoms with E-state index >= 15 is 0 Å². The highest BCUT2D eigenvalue weighted by atomic mass is 35.5. The van der Waals surface area contributed by atoms with Gasteiger partial charge in [-0.3, -0.25) is 4.79 Å². The van der Waals surface area contributed by atoms with Gasteiger partial charge in [-0.15, -0.1) is 0 Å². The van der Waals surface area contributed by atoms with Gasteiger partial charge in [-0.05, 0) is 30.3 Å². The summed E-state index contributed by atoms with van der Waals surface area (Å²) in [5, 5.41) is 7.41. The molecule has 1 amide bonds. The first-order valence-corrected chi connectivity index (χ1v) is 7.48. The number of rotatable bonds is 5. The minimum atomic E-state index is -0.207. The Kier molecular flexibility index (Phi) is 4.64. The Balaban J connectivity index is 1.57. The van der Waals surface area contributed by atoms with Crippen LogP contribution in [-0.2, 0) is 11.2 Å². The van der Waals surface area contributed by atoms with Crippen molar-refractivity contribution in [1.82, 2.24) is 10.1 Å². The predicted molar refractivity (Wildman–Crippen MR) is 85.4 cm³/mol. The van der Waals surface area contributed by atoms with Gasteiger partial charge in [0.25, 0.3) is 0 Å². The first kappa shape index (κ1) is 15.6. The van der Waals surface area contributed by atoms with Crippen molar-refractivity contribution in [3.8, 4) is 11.6 Å². The number of aromatic nitrogens is 2. The number of benzene rings is 1. The van der Waals surface area contributed by atoms with Crippen LogP contribution in [0.15, 0.2) is 45.5 Å². The lowest BCUT2D eigenvalue weighted by Gasteiger charge is -2.05. The third-order valence-electron chi connectivity index (χ3n) is 2.92. The second-order valence-corrected chi connectivity index (χ2v) is 5.57. The monoisotopic (exact) mass is 351 g/mol. The van der Waals surface area contributed by atoms with Crippen LogP contribution in [0.4, 0.5) is 5.69 Å². The zero-order chi connectivity index (χ0) is 16.2. The zero-order valence-corrected chi connectivity index (χ0v) is 13.3. The molecule has 0 unspecified atom stereocenters. The van der Waals surface area contributed by atoms with Crippen LogP contribution in [0.2, 0.25) is 10.0 Å². The van der Waals surface area contributed by atoms with Gasteiger partial charge in [0.05, 0.1) is 6.26 Å². The van der Waals surface area contributed by atoms with E-state index in [1.165, 1.54) is 6.26 Å². The lowest BCUT2D eigenvalue weighted by atomic mass is 10.2. The molecule has 1 N–H and O–H groups in total. The van der Waals surface area contributed by atoms with Crippen LogP contribution in [0.5, 0.6) is 0 Å². The highest BCUT2D eigenvalue weighted by Crippen LogP contribution is 2.22. The van der Waals surface area contributed by atoms with Crippen molar-refractivity contribution < 1.29 is 13.7 Å². The van der Waals surface area contributed by atoms with Gasteiger partial charge in [0, 0.05) is 28.6 Å². The molecule has 0 spiro atoms. The molecule has 0 atom stereocenters. The van der Waals surface area contributed by atoms with Crippen molar-refractivity contribution in [2.24, 2.45) is 0 Å². The lowest BCUT2D eigenvalue weighted by molar-refractivity contribution is -0.116. The fourth-order valence-corrected chi connectivity index (χ4v) is 2.46. The lowest BCUT2D eigenvalue weighted by Crippen LogP contribution is -2.12. The maximum atomic E-state index is 11.9. The molecule has 3 rings (SSSR count). The summed E-state index contributed by atoms with van der Waals surface area (Å²) in [5.41, 5.74) is 0.536. The molecule has 6 nitrogen and oxygen atoms in total. The first-order valence-electron chi connectivity index (χ1n) is 6.72. The summed E-state index contributed by atoms with van der Waals surface area (Å²) in [6, 6.07) is 8.28. The van der Waals surface area contributed by atoms with Gasteiger partial charge in [-0.1, -0.05) is 28.4 Å². The molecule has 118 valence electrons. The van der Waals surface area contributed by atoms with Crippen LogP contribution in [0.25, 0.3) is 11.6 Å². The van der Waals surface area contributed by atoms with Crippen molar-refractivity contribution in [2.45, 2.75) is 12.8 Å². The number of anilines is 1. The number of halogens is 2. The average Bonchev–Trinajstić information content (AvgIpc) is 3.15. The van der Waals surface area contributed by atoms with E-state index in [2.05, 4.69) is 15.5 Å². The molecule has 3 aromatic rings. The second-order valence-electron chi connectivity index (χ2n) is 4.70. The van der Waals surface area contributed by atoms with Crippen molar-refractivity contribution in [2.75, 3.05) is 5.32 Å². The molecule has 0 aliphatic carbocycles. The normalized spacial score (nSPS) is 10.7. The molecule has 0 aliphatic heterocycles. The summed E-state index contributed by atoms with van der Waals surface area (Å²) in [4.78, 5) is 16.1. The molecule has 0 radical (unpaired) electrons. The largest absolute Gasteiger partial charge is 0.461 e. The third-order valence-corrected chi connectivity index (χ3v) is 3.36. The second kappa shape index (κ2) is 6.85. The SMILES string of the molecule is O=C(CCc1nc(-c2ccco2)no1)Nc1cc(Cl)cc(Cl)c1. The molecule has 0 saturated carbocycles. The van der Waals surface area contributed by atoms with E-state index in [1.54, 1.807) is 30.3 Å². The van der Waals surface area contributed by atoms with E-state index in [4.69, 9.17) is 32.1 Å². The minimum absolute atomic E-state index is 0.184. The van der Waals surface area contributed by atoms with Crippen LogP contribution in [0, 0.1) is 0 Å². The van der Waals surface area contributed by atoms with Gasteiger partial charge in [0.15, 0.2) is 5.76 Å². The smallest absolute Gasteiger partial charge is 0.238 e. The molecule has 0 aliphatic rings. The Bertz CT molecular complexity index is 795. The number of amides is 1. The Morgan fingerprint density at radius 3 is 2.70 bits per heavy atom. The molecular formula is C15H11Cl2N3O3. The van der Waals surface area contributed by atoms with Gasteiger partial charge in [-0.25, -0.2) is 0 Å². The van der Waals surface area contributed by atoms with Crippen molar-refractivity contribution in [3.05, 3.63) is 52.5 Å². The third kappa shape index (κ3) is 4.12. The number of carbonyl (C=O) groups is 1. The predicted octanol–water partition coefficient (Wildman–Crippen LogP) is 4.21. The van der Waals surface area contributed by atoms with E-state index in [0.717, 1.165) is 0 Å². The fraction of sp³-hybridized carbons (Fsp3) is 0.133. The van der Waals surface area contributed by atoms with Crippen LogP contribution in [-0.4, -0.2) is 16.0 Å². The standard InChI is InChI=1S/C15H11Cl2N3O3/c16-9-6-10(17)8-11(7-9)18-13(21)3-4-14-19-15(20-23-14)12-2-1-5-22-12/h1-2,5-8H,3-4H2,(H,18,21). The number of carbonyl (C=O) groups excluding carboxylic acids is 1. The molecule has 2 heterocycles. The highest BCUT2D eigenvalue weighted by Gasteiger charge is 2.12. The Labute approximate surface area is 141 Å². The molecule has 23 heavy (non-hydrogen) atoms. The summed E-state index contributed by atoms with van der Waals surface area (Å²) in [7, 11) is 0. The maximum Gasteiger partial charge on any atom is 0.238 e. The van der Waals surface area contributed by atoms with Crippen LogP contribution in [0.3, 0.4) is 0 Å². The van der Waals surface area contributed by atoms with Gasteiger partial charge in [-0.2, -0.15) is 4.98 Å². The quantitative estimate of drug-likeness (QED) is 0.744. The molecule has 2 aromatic heterocycles. The minimum Gasteiger partial charge on any atom is -0.461 e. The van der Waals surface area contributed by atoms with Gasteiger partial charge < -0.3 is 14.3 Å². The van der Waals surface area contributed by atoms with E-state index in [0.29, 0.717) is 39.6 Å². The molecule has 1 aromatic carbocycles. The Hall–Kier alpha value is -2.31. The van der Waals surface area contributed by atoms with Gasteiger partial charge in [0.1, 0.15) is 0 Å². The topological polar surface area (TPSA) is 81.2 Å².